The van der Waals surface area contributed by atoms with Crippen molar-refractivity contribution in [2.24, 2.45) is 0 Å². The molecule has 0 N–H and O–H groups in total. The van der Waals surface area contributed by atoms with Crippen molar-refractivity contribution in [1.29, 1.82) is 0 Å². The Morgan fingerprint density at radius 2 is 1.78 bits per heavy atom. The number of carbonyl (C=O) groups is 2. The van der Waals surface area contributed by atoms with Crippen LogP contribution in [0.5, 0.6) is 0 Å². The van der Waals surface area contributed by atoms with E-state index < -0.39 is 0 Å². The standard InChI is InChI=1S/C22H16N2O2S/c1-2-12-24-21(25)20(27-22(24)26)13-17-15-23(14-16-8-4-3-5-9-16)19-11-7-6-10-18(17)19/h1,3-11,13,15H,12,14H2/b20-13+. The molecule has 0 radical (unpaired) electrons. The number of fused-ring (bicyclic) bond motifs is 1. The van der Waals surface area contributed by atoms with Crippen LogP contribution in [0.15, 0.2) is 65.7 Å². The Morgan fingerprint density at radius 1 is 1.04 bits per heavy atom. The van der Waals surface area contributed by atoms with Crippen LogP contribution in [0.2, 0.25) is 0 Å². The molecule has 5 heteroatoms. The summed E-state index contributed by atoms with van der Waals surface area (Å²) in [5.74, 6) is 2.02. The molecule has 1 saturated heterocycles. The summed E-state index contributed by atoms with van der Waals surface area (Å²) in [6.07, 6.45) is 9.06. The molecule has 1 aromatic heterocycles. The monoisotopic (exact) mass is 372 g/mol. The SMILES string of the molecule is C#CCN1C(=O)S/C(=C/c2cn(Cc3ccccc3)c3ccccc23)C1=O. The molecule has 2 aromatic carbocycles. The molecule has 2 heterocycles. The van der Waals surface area contributed by atoms with Gasteiger partial charge in [0.15, 0.2) is 0 Å². The fraction of sp³-hybridized carbons (Fsp3) is 0.0909. The second kappa shape index (κ2) is 7.18. The molecule has 1 aliphatic heterocycles. The lowest BCUT2D eigenvalue weighted by Crippen LogP contribution is -2.28. The normalized spacial score (nSPS) is 15.7. The average Bonchev–Trinajstić information content (AvgIpc) is 3.16. The molecule has 0 spiro atoms. The van der Waals surface area contributed by atoms with Crippen molar-refractivity contribution < 1.29 is 9.59 Å². The lowest BCUT2D eigenvalue weighted by atomic mass is 10.1. The van der Waals surface area contributed by atoms with E-state index in [4.69, 9.17) is 6.42 Å². The van der Waals surface area contributed by atoms with Gasteiger partial charge in [-0.3, -0.25) is 14.5 Å². The average molecular weight is 372 g/mol. The van der Waals surface area contributed by atoms with Gasteiger partial charge in [-0.05, 0) is 29.5 Å². The molecular formula is C22H16N2O2S. The van der Waals surface area contributed by atoms with E-state index in [1.807, 2.05) is 42.6 Å². The highest BCUT2D eigenvalue weighted by Crippen LogP contribution is 2.34. The second-order valence-corrected chi connectivity index (χ2v) is 7.18. The van der Waals surface area contributed by atoms with Gasteiger partial charge in [0.2, 0.25) is 0 Å². The number of benzene rings is 2. The van der Waals surface area contributed by atoms with E-state index in [9.17, 15) is 9.59 Å². The highest BCUT2D eigenvalue weighted by atomic mass is 32.2. The summed E-state index contributed by atoms with van der Waals surface area (Å²) < 4.78 is 2.15. The van der Waals surface area contributed by atoms with Crippen molar-refractivity contribution in [2.75, 3.05) is 6.54 Å². The number of nitrogens with zero attached hydrogens (tertiary/aromatic N) is 2. The molecule has 0 bridgehead atoms. The first-order chi connectivity index (χ1) is 13.2. The summed E-state index contributed by atoms with van der Waals surface area (Å²) in [7, 11) is 0. The van der Waals surface area contributed by atoms with Crippen molar-refractivity contribution in [3.63, 3.8) is 0 Å². The molecule has 0 unspecified atom stereocenters. The summed E-state index contributed by atoms with van der Waals surface area (Å²) in [5.41, 5.74) is 3.18. The fourth-order valence-electron chi connectivity index (χ4n) is 3.17. The van der Waals surface area contributed by atoms with E-state index in [1.54, 1.807) is 6.08 Å². The van der Waals surface area contributed by atoms with Gasteiger partial charge < -0.3 is 4.57 Å². The zero-order valence-corrected chi connectivity index (χ0v) is 15.3. The molecule has 1 fully saturated rings. The summed E-state index contributed by atoms with van der Waals surface area (Å²) in [5, 5.41) is 0.717. The van der Waals surface area contributed by atoms with Gasteiger partial charge in [0.25, 0.3) is 11.1 Å². The molecule has 4 nitrogen and oxygen atoms in total. The summed E-state index contributed by atoms with van der Waals surface area (Å²) in [6, 6.07) is 18.2. The Hall–Kier alpha value is -3.23. The molecule has 132 valence electrons. The van der Waals surface area contributed by atoms with E-state index in [-0.39, 0.29) is 17.7 Å². The van der Waals surface area contributed by atoms with Gasteiger partial charge >= 0.3 is 0 Å². The summed E-state index contributed by atoms with van der Waals surface area (Å²) in [4.78, 5) is 26.0. The van der Waals surface area contributed by atoms with Crippen LogP contribution in [0, 0.1) is 12.3 Å². The lowest BCUT2D eigenvalue weighted by Gasteiger charge is -2.06. The van der Waals surface area contributed by atoms with Crippen molar-refractivity contribution in [2.45, 2.75) is 6.54 Å². The van der Waals surface area contributed by atoms with E-state index in [1.165, 1.54) is 5.56 Å². The first-order valence-corrected chi connectivity index (χ1v) is 9.29. The second-order valence-electron chi connectivity index (χ2n) is 6.19. The third kappa shape index (κ3) is 3.27. The maximum Gasteiger partial charge on any atom is 0.294 e. The number of aromatic nitrogens is 1. The minimum atomic E-state index is -0.331. The van der Waals surface area contributed by atoms with Crippen molar-refractivity contribution >= 4 is 39.9 Å². The number of para-hydroxylation sites is 1. The number of terminal acetylenes is 1. The topological polar surface area (TPSA) is 42.3 Å². The van der Waals surface area contributed by atoms with Crippen LogP contribution in [0.1, 0.15) is 11.1 Å². The number of thioether (sulfide) groups is 1. The zero-order chi connectivity index (χ0) is 18.8. The van der Waals surface area contributed by atoms with Crippen molar-refractivity contribution in [3.05, 3.63) is 76.8 Å². The zero-order valence-electron chi connectivity index (χ0n) is 14.5. The fourth-order valence-corrected chi connectivity index (χ4v) is 4.00. The molecule has 2 amide bonds. The van der Waals surface area contributed by atoms with Crippen LogP contribution in [-0.2, 0) is 11.3 Å². The van der Waals surface area contributed by atoms with Crippen LogP contribution in [-0.4, -0.2) is 27.2 Å². The number of imide groups is 1. The minimum Gasteiger partial charge on any atom is -0.342 e. The van der Waals surface area contributed by atoms with Crippen LogP contribution < -0.4 is 0 Å². The molecule has 0 aliphatic carbocycles. The van der Waals surface area contributed by atoms with Crippen LogP contribution in [0.3, 0.4) is 0 Å². The van der Waals surface area contributed by atoms with Crippen molar-refractivity contribution in [3.8, 4) is 12.3 Å². The first kappa shape index (κ1) is 17.2. The van der Waals surface area contributed by atoms with Gasteiger partial charge in [0, 0.05) is 29.2 Å². The molecular weight excluding hydrogens is 356 g/mol. The predicted molar refractivity (Wildman–Crippen MR) is 109 cm³/mol. The van der Waals surface area contributed by atoms with E-state index in [0.29, 0.717) is 4.91 Å². The number of hydrogen-bond acceptors (Lipinski definition) is 3. The highest BCUT2D eigenvalue weighted by molar-refractivity contribution is 8.18. The predicted octanol–water partition coefficient (Wildman–Crippen LogP) is 4.36. The van der Waals surface area contributed by atoms with Crippen LogP contribution in [0.4, 0.5) is 4.79 Å². The molecule has 0 atom stereocenters. The lowest BCUT2D eigenvalue weighted by molar-refractivity contribution is -0.122. The Balaban J connectivity index is 1.74. The quantitative estimate of drug-likeness (QED) is 0.505. The van der Waals surface area contributed by atoms with Gasteiger partial charge in [-0.1, -0.05) is 54.5 Å². The summed E-state index contributed by atoms with van der Waals surface area (Å²) in [6.45, 7) is 0.728. The molecule has 3 aromatic rings. The molecule has 0 saturated carbocycles. The number of hydrogen-bond donors (Lipinski definition) is 0. The maximum absolute atomic E-state index is 12.5. The minimum absolute atomic E-state index is 0.00221. The van der Waals surface area contributed by atoms with Gasteiger partial charge in [0.05, 0.1) is 11.4 Å². The maximum atomic E-state index is 12.5. The molecule has 1 aliphatic rings. The first-order valence-electron chi connectivity index (χ1n) is 8.48. The van der Waals surface area contributed by atoms with Gasteiger partial charge in [-0.2, -0.15) is 0 Å². The van der Waals surface area contributed by atoms with Gasteiger partial charge in [-0.25, -0.2) is 0 Å². The Kier molecular flexibility index (Phi) is 4.57. The van der Waals surface area contributed by atoms with Crippen LogP contribution in [0.25, 0.3) is 17.0 Å². The Morgan fingerprint density at radius 3 is 2.56 bits per heavy atom. The number of amides is 2. The third-order valence-electron chi connectivity index (χ3n) is 4.42. The van der Waals surface area contributed by atoms with Crippen LogP contribution >= 0.6 is 11.8 Å². The summed E-state index contributed by atoms with van der Waals surface area (Å²) >= 11 is 0.932. The van der Waals surface area contributed by atoms with E-state index in [0.717, 1.165) is 39.7 Å². The largest absolute Gasteiger partial charge is 0.342 e. The smallest absolute Gasteiger partial charge is 0.294 e. The van der Waals surface area contributed by atoms with Gasteiger partial charge in [0.1, 0.15) is 0 Å². The van der Waals surface area contributed by atoms with Gasteiger partial charge in [-0.15, -0.1) is 6.42 Å². The van der Waals surface area contributed by atoms with Crippen molar-refractivity contribution in [1.82, 2.24) is 9.47 Å². The van der Waals surface area contributed by atoms with E-state index >= 15 is 0 Å². The number of rotatable bonds is 4. The highest BCUT2D eigenvalue weighted by Gasteiger charge is 2.34. The number of carbonyl (C=O) groups excluding carboxylic acids is 2. The Labute approximate surface area is 161 Å². The third-order valence-corrected chi connectivity index (χ3v) is 5.33. The Bertz CT molecular complexity index is 1110. The van der Waals surface area contributed by atoms with E-state index in [2.05, 4.69) is 28.7 Å². The molecule has 4 rings (SSSR count). The molecule has 27 heavy (non-hydrogen) atoms.